The lowest BCUT2D eigenvalue weighted by molar-refractivity contribution is 0.346. The lowest BCUT2D eigenvalue weighted by atomic mass is 10.0. The third-order valence-electron chi connectivity index (χ3n) is 4.18. The minimum absolute atomic E-state index is 0.482. The number of rotatable bonds is 2. The van der Waals surface area contributed by atoms with E-state index in [1.165, 1.54) is 19.3 Å². The second-order valence-electron chi connectivity index (χ2n) is 5.51. The Morgan fingerprint density at radius 1 is 1.17 bits per heavy atom. The van der Waals surface area contributed by atoms with Crippen LogP contribution in [0.5, 0.6) is 0 Å². The van der Waals surface area contributed by atoms with E-state index >= 15 is 0 Å². The summed E-state index contributed by atoms with van der Waals surface area (Å²) in [4.78, 5) is 4.53. The number of fused-ring (bicyclic) bond motifs is 1. The smallest absolute Gasteiger partial charge is 0.230 e. The summed E-state index contributed by atoms with van der Waals surface area (Å²) in [5.41, 5.74) is 7.41. The van der Waals surface area contributed by atoms with Gasteiger partial charge >= 0.3 is 0 Å². The van der Waals surface area contributed by atoms with E-state index in [2.05, 4.69) is 10.1 Å². The molecule has 2 atom stereocenters. The SMILES string of the molecule is Nc1cccc(-c2noc(C3CC4CC4C3)n2)c1. The quantitative estimate of drug-likeness (QED) is 0.821. The van der Waals surface area contributed by atoms with E-state index in [9.17, 15) is 0 Å². The monoisotopic (exact) mass is 241 g/mol. The van der Waals surface area contributed by atoms with E-state index in [0.717, 1.165) is 29.0 Å². The van der Waals surface area contributed by atoms with Crippen LogP contribution in [0.1, 0.15) is 31.1 Å². The summed E-state index contributed by atoms with van der Waals surface area (Å²) in [7, 11) is 0. The van der Waals surface area contributed by atoms with Crippen molar-refractivity contribution in [3.05, 3.63) is 30.2 Å². The Labute approximate surface area is 105 Å². The van der Waals surface area contributed by atoms with Crippen molar-refractivity contribution in [1.82, 2.24) is 10.1 Å². The van der Waals surface area contributed by atoms with Crippen molar-refractivity contribution >= 4 is 5.69 Å². The van der Waals surface area contributed by atoms with Gasteiger partial charge in [-0.1, -0.05) is 17.3 Å². The van der Waals surface area contributed by atoms with Crippen LogP contribution in [0, 0.1) is 11.8 Å². The van der Waals surface area contributed by atoms with Crippen molar-refractivity contribution < 1.29 is 4.52 Å². The Morgan fingerprint density at radius 3 is 2.78 bits per heavy atom. The highest BCUT2D eigenvalue weighted by atomic mass is 16.5. The first-order valence-electron chi connectivity index (χ1n) is 6.49. The molecule has 2 aliphatic rings. The zero-order chi connectivity index (χ0) is 12.1. The Morgan fingerprint density at radius 2 is 2.00 bits per heavy atom. The molecule has 18 heavy (non-hydrogen) atoms. The number of anilines is 1. The van der Waals surface area contributed by atoms with Gasteiger partial charge in [0.15, 0.2) is 0 Å². The number of benzene rings is 1. The molecule has 1 aromatic carbocycles. The van der Waals surface area contributed by atoms with Gasteiger partial charge in [-0.15, -0.1) is 0 Å². The summed E-state index contributed by atoms with van der Waals surface area (Å²) in [5, 5.41) is 4.07. The van der Waals surface area contributed by atoms with Gasteiger partial charge in [-0.2, -0.15) is 4.98 Å². The summed E-state index contributed by atoms with van der Waals surface area (Å²) in [6.45, 7) is 0. The fourth-order valence-corrected chi connectivity index (χ4v) is 3.11. The minimum Gasteiger partial charge on any atom is -0.399 e. The molecule has 2 unspecified atom stereocenters. The van der Waals surface area contributed by atoms with Crippen LogP contribution in [0.25, 0.3) is 11.4 Å². The fraction of sp³-hybridized carbons (Fsp3) is 0.429. The second kappa shape index (κ2) is 3.57. The average Bonchev–Trinajstić information content (AvgIpc) is 2.83. The van der Waals surface area contributed by atoms with Crippen molar-refractivity contribution in [2.45, 2.75) is 25.2 Å². The van der Waals surface area contributed by atoms with Gasteiger partial charge in [0.2, 0.25) is 11.7 Å². The predicted octanol–water partition coefficient (Wildman–Crippen LogP) is 2.83. The molecule has 2 fully saturated rings. The minimum atomic E-state index is 0.482. The van der Waals surface area contributed by atoms with E-state index in [-0.39, 0.29) is 0 Å². The molecule has 4 heteroatoms. The molecule has 0 aliphatic heterocycles. The Balaban J connectivity index is 1.61. The molecule has 0 bridgehead atoms. The van der Waals surface area contributed by atoms with E-state index in [1.807, 2.05) is 24.3 Å². The second-order valence-corrected chi connectivity index (χ2v) is 5.51. The lowest BCUT2D eigenvalue weighted by Crippen LogP contribution is -1.96. The molecule has 4 rings (SSSR count). The standard InChI is InChI=1S/C14H15N3O/c15-12-3-1-2-8(7-12)13-16-14(18-17-13)11-5-9-4-10(9)6-11/h1-3,7,9-11H,4-6,15H2. The molecule has 0 saturated heterocycles. The maximum absolute atomic E-state index is 5.76. The van der Waals surface area contributed by atoms with Crippen LogP contribution in [0.2, 0.25) is 0 Å². The number of nitrogens with two attached hydrogens (primary N) is 1. The highest BCUT2D eigenvalue weighted by molar-refractivity contribution is 5.60. The first-order valence-corrected chi connectivity index (χ1v) is 6.49. The summed E-state index contributed by atoms with van der Waals surface area (Å²) >= 11 is 0. The highest BCUT2D eigenvalue weighted by Crippen LogP contribution is 2.57. The summed E-state index contributed by atoms with van der Waals surface area (Å²) in [6, 6.07) is 7.60. The molecule has 0 spiro atoms. The van der Waals surface area contributed by atoms with Gasteiger partial charge in [-0.3, -0.25) is 0 Å². The number of aromatic nitrogens is 2. The molecule has 2 aliphatic carbocycles. The van der Waals surface area contributed by atoms with Crippen molar-refractivity contribution in [1.29, 1.82) is 0 Å². The van der Waals surface area contributed by atoms with Crippen LogP contribution in [0.3, 0.4) is 0 Å². The molecule has 0 radical (unpaired) electrons. The lowest BCUT2D eigenvalue weighted by Gasteiger charge is -2.03. The molecule has 2 N–H and O–H groups in total. The first kappa shape index (κ1) is 10.1. The van der Waals surface area contributed by atoms with Gasteiger partial charge < -0.3 is 10.3 Å². The van der Waals surface area contributed by atoms with Gasteiger partial charge in [0.1, 0.15) is 0 Å². The third-order valence-corrected chi connectivity index (χ3v) is 4.18. The largest absolute Gasteiger partial charge is 0.399 e. The van der Waals surface area contributed by atoms with Gasteiger partial charge in [0.05, 0.1) is 0 Å². The average molecular weight is 241 g/mol. The van der Waals surface area contributed by atoms with Crippen LogP contribution in [0.4, 0.5) is 5.69 Å². The molecular formula is C14H15N3O. The van der Waals surface area contributed by atoms with Crippen LogP contribution in [-0.2, 0) is 0 Å². The number of nitrogens with zero attached hydrogens (tertiary/aromatic N) is 2. The van der Waals surface area contributed by atoms with Crippen LogP contribution >= 0.6 is 0 Å². The molecule has 2 aromatic rings. The molecule has 2 saturated carbocycles. The Kier molecular flexibility index (Phi) is 2.01. The van der Waals surface area contributed by atoms with E-state index in [1.54, 1.807) is 0 Å². The predicted molar refractivity (Wildman–Crippen MR) is 67.7 cm³/mol. The zero-order valence-electron chi connectivity index (χ0n) is 10.0. The Hall–Kier alpha value is -1.84. The first-order chi connectivity index (χ1) is 8.79. The fourth-order valence-electron chi connectivity index (χ4n) is 3.11. The van der Waals surface area contributed by atoms with Gasteiger partial charge in [-0.25, -0.2) is 0 Å². The highest BCUT2D eigenvalue weighted by Gasteiger charge is 2.47. The van der Waals surface area contributed by atoms with E-state index in [4.69, 9.17) is 10.3 Å². The summed E-state index contributed by atoms with van der Waals surface area (Å²) in [5.74, 6) is 3.80. The van der Waals surface area contributed by atoms with E-state index < -0.39 is 0 Å². The number of hydrogen-bond donors (Lipinski definition) is 1. The zero-order valence-corrected chi connectivity index (χ0v) is 10.0. The van der Waals surface area contributed by atoms with Crippen molar-refractivity contribution in [2.24, 2.45) is 11.8 Å². The molecule has 1 heterocycles. The molecule has 92 valence electrons. The molecule has 1 aromatic heterocycles. The van der Waals surface area contributed by atoms with Crippen LogP contribution < -0.4 is 5.73 Å². The molecule has 4 nitrogen and oxygen atoms in total. The number of nitrogen functional groups attached to an aromatic ring is 1. The van der Waals surface area contributed by atoms with Gasteiger partial charge in [0, 0.05) is 17.2 Å². The van der Waals surface area contributed by atoms with Gasteiger partial charge in [-0.05, 0) is 43.2 Å². The van der Waals surface area contributed by atoms with Crippen molar-refractivity contribution in [2.75, 3.05) is 5.73 Å². The molecular weight excluding hydrogens is 226 g/mol. The maximum atomic E-state index is 5.76. The van der Waals surface area contributed by atoms with Crippen molar-refractivity contribution in [3.8, 4) is 11.4 Å². The Bertz CT molecular complexity index is 582. The third kappa shape index (κ3) is 1.60. The summed E-state index contributed by atoms with van der Waals surface area (Å²) < 4.78 is 5.41. The summed E-state index contributed by atoms with van der Waals surface area (Å²) in [6.07, 6.45) is 3.86. The maximum Gasteiger partial charge on any atom is 0.230 e. The normalized spacial score (nSPS) is 29.2. The topological polar surface area (TPSA) is 64.9 Å². The van der Waals surface area contributed by atoms with Crippen molar-refractivity contribution in [3.63, 3.8) is 0 Å². The molecule has 0 amide bonds. The van der Waals surface area contributed by atoms with Crippen LogP contribution in [0.15, 0.2) is 28.8 Å². The van der Waals surface area contributed by atoms with Gasteiger partial charge in [0.25, 0.3) is 0 Å². The van der Waals surface area contributed by atoms with E-state index in [0.29, 0.717) is 11.7 Å². The van der Waals surface area contributed by atoms with Crippen LogP contribution in [-0.4, -0.2) is 10.1 Å². The number of hydrogen-bond acceptors (Lipinski definition) is 4.